The Balaban J connectivity index is 1.51. The van der Waals surface area contributed by atoms with Gasteiger partial charge in [-0.15, -0.1) is 10.2 Å². The van der Waals surface area contributed by atoms with E-state index >= 15 is 0 Å². The lowest BCUT2D eigenvalue weighted by atomic mass is 10.2. The van der Waals surface area contributed by atoms with Crippen LogP contribution in [0.2, 0.25) is 0 Å². The predicted octanol–water partition coefficient (Wildman–Crippen LogP) is 3.23. The van der Waals surface area contributed by atoms with Gasteiger partial charge in [-0.05, 0) is 24.3 Å². The highest BCUT2D eigenvalue weighted by molar-refractivity contribution is 7.99. The van der Waals surface area contributed by atoms with E-state index in [0.29, 0.717) is 22.2 Å². The van der Waals surface area contributed by atoms with Gasteiger partial charge in [-0.1, -0.05) is 42.1 Å². The molecule has 3 rings (SSSR count). The second-order valence-electron chi connectivity index (χ2n) is 5.59. The number of hydrogen-bond acceptors (Lipinski definition) is 6. The fraction of sp³-hybridized carbons (Fsp3) is 0.105. The molecule has 0 spiro atoms. The molecule has 0 aliphatic heterocycles. The SMILES string of the molecule is CC(=O)Nc1ccc(NC(=O)CSc2ncc(-c3ccccc3)nn2)cc1. The molecule has 2 amide bonds. The van der Waals surface area contributed by atoms with E-state index in [0.717, 1.165) is 5.56 Å². The number of aromatic nitrogens is 3. The van der Waals surface area contributed by atoms with E-state index in [2.05, 4.69) is 25.8 Å². The minimum absolute atomic E-state index is 0.143. The van der Waals surface area contributed by atoms with Crippen LogP contribution in [0.15, 0.2) is 66.0 Å². The van der Waals surface area contributed by atoms with Crippen LogP contribution in [0.1, 0.15) is 6.92 Å². The first-order valence-corrected chi connectivity index (χ1v) is 9.14. The number of nitrogens with one attached hydrogen (secondary N) is 2. The number of benzene rings is 2. The van der Waals surface area contributed by atoms with E-state index < -0.39 is 0 Å². The number of thioether (sulfide) groups is 1. The highest BCUT2D eigenvalue weighted by Crippen LogP contribution is 2.18. The van der Waals surface area contributed by atoms with Crippen LogP contribution in [0.5, 0.6) is 0 Å². The van der Waals surface area contributed by atoms with Gasteiger partial charge in [0.2, 0.25) is 17.0 Å². The Morgan fingerprint density at radius 2 is 1.59 bits per heavy atom. The van der Waals surface area contributed by atoms with Crippen molar-refractivity contribution in [3.63, 3.8) is 0 Å². The molecule has 2 aromatic carbocycles. The van der Waals surface area contributed by atoms with Crippen molar-refractivity contribution in [2.24, 2.45) is 0 Å². The number of hydrogen-bond donors (Lipinski definition) is 2. The quantitative estimate of drug-likeness (QED) is 0.638. The molecule has 0 saturated carbocycles. The van der Waals surface area contributed by atoms with Gasteiger partial charge < -0.3 is 10.6 Å². The molecule has 0 saturated heterocycles. The van der Waals surface area contributed by atoms with Gasteiger partial charge in [0.05, 0.1) is 11.9 Å². The Morgan fingerprint density at radius 1 is 0.926 bits per heavy atom. The Morgan fingerprint density at radius 3 is 2.19 bits per heavy atom. The average molecular weight is 379 g/mol. The minimum atomic E-state index is -0.178. The van der Waals surface area contributed by atoms with Gasteiger partial charge in [-0.2, -0.15) is 0 Å². The lowest BCUT2D eigenvalue weighted by Gasteiger charge is -2.06. The first-order chi connectivity index (χ1) is 13.1. The zero-order valence-corrected chi connectivity index (χ0v) is 15.4. The maximum absolute atomic E-state index is 12.1. The van der Waals surface area contributed by atoms with Crippen molar-refractivity contribution in [1.29, 1.82) is 0 Å². The summed E-state index contributed by atoms with van der Waals surface area (Å²) < 4.78 is 0. The van der Waals surface area contributed by atoms with Crippen LogP contribution in [0.3, 0.4) is 0 Å². The van der Waals surface area contributed by atoms with Crippen LogP contribution in [0.25, 0.3) is 11.3 Å². The summed E-state index contributed by atoms with van der Waals surface area (Å²) in [5.41, 5.74) is 2.94. The number of rotatable bonds is 6. The van der Waals surface area contributed by atoms with Crippen molar-refractivity contribution in [1.82, 2.24) is 15.2 Å². The summed E-state index contributed by atoms with van der Waals surface area (Å²) in [5.74, 6) is -0.155. The molecule has 0 aliphatic rings. The van der Waals surface area contributed by atoms with Crippen LogP contribution >= 0.6 is 11.8 Å². The summed E-state index contributed by atoms with van der Waals surface area (Å²) >= 11 is 1.21. The number of amides is 2. The molecule has 0 bridgehead atoms. The molecule has 0 atom stereocenters. The molecule has 1 aromatic heterocycles. The van der Waals surface area contributed by atoms with Gasteiger partial charge in [-0.25, -0.2) is 4.98 Å². The maximum Gasteiger partial charge on any atom is 0.234 e. The summed E-state index contributed by atoms with van der Waals surface area (Å²) in [6.07, 6.45) is 1.64. The lowest BCUT2D eigenvalue weighted by Crippen LogP contribution is -2.14. The first-order valence-electron chi connectivity index (χ1n) is 8.15. The summed E-state index contributed by atoms with van der Waals surface area (Å²) in [6, 6.07) is 16.5. The molecular formula is C19H17N5O2S. The Hall–Kier alpha value is -3.26. The summed E-state index contributed by atoms with van der Waals surface area (Å²) in [6.45, 7) is 1.44. The molecule has 27 heavy (non-hydrogen) atoms. The van der Waals surface area contributed by atoms with Crippen molar-refractivity contribution < 1.29 is 9.59 Å². The Bertz CT molecular complexity index is 915. The predicted molar refractivity (Wildman–Crippen MR) is 105 cm³/mol. The normalized spacial score (nSPS) is 10.3. The van der Waals surface area contributed by atoms with Crippen molar-refractivity contribution in [2.45, 2.75) is 12.1 Å². The van der Waals surface area contributed by atoms with E-state index in [1.807, 2.05) is 30.3 Å². The van der Waals surface area contributed by atoms with Gasteiger partial charge in [-0.3, -0.25) is 9.59 Å². The maximum atomic E-state index is 12.1. The van der Waals surface area contributed by atoms with E-state index in [4.69, 9.17) is 0 Å². The standard InChI is InChI=1S/C19H17N5O2S/c1-13(25)21-15-7-9-16(10-8-15)22-18(26)12-27-19-20-11-17(23-24-19)14-5-3-2-4-6-14/h2-11H,12H2,1H3,(H,21,25)(H,22,26). The zero-order chi connectivity index (χ0) is 19.1. The van der Waals surface area contributed by atoms with Crippen LogP contribution in [-0.4, -0.2) is 32.7 Å². The van der Waals surface area contributed by atoms with Crippen molar-refractivity contribution in [3.8, 4) is 11.3 Å². The van der Waals surface area contributed by atoms with E-state index in [9.17, 15) is 9.59 Å². The van der Waals surface area contributed by atoms with Crippen LogP contribution in [0, 0.1) is 0 Å². The zero-order valence-electron chi connectivity index (χ0n) is 14.5. The van der Waals surface area contributed by atoms with Gasteiger partial charge >= 0.3 is 0 Å². The largest absolute Gasteiger partial charge is 0.326 e. The molecule has 0 fully saturated rings. The van der Waals surface area contributed by atoms with Gasteiger partial charge in [0.15, 0.2) is 0 Å². The summed E-state index contributed by atoms with van der Waals surface area (Å²) in [4.78, 5) is 27.3. The Kier molecular flexibility index (Phi) is 6.11. The number of anilines is 2. The third kappa shape index (κ3) is 5.61. The van der Waals surface area contributed by atoms with E-state index in [1.54, 1.807) is 30.5 Å². The molecule has 3 aromatic rings. The number of nitrogens with zero attached hydrogens (tertiary/aromatic N) is 3. The molecular weight excluding hydrogens is 362 g/mol. The monoisotopic (exact) mass is 379 g/mol. The minimum Gasteiger partial charge on any atom is -0.326 e. The second kappa shape index (κ2) is 8.91. The van der Waals surface area contributed by atoms with Crippen molar-refractivity contribution in [2.75, 3.05) is 16.4 Å². The molecule has 0 radical (unpaired) electrons. The first kappa shape index (κ1) is 18.5. The van der Waals surface area contributed by atoms with Gasteiger partial charge in [0, 0.05) is 23.9 Å². The van der Waals surface area contributed by atoms with Crippen molar-refractivity contribution in [3.05, 3.63) is 60.8 Å². The molecule has 1 heterocycles. The second-order valence-corrected chi connectivity index (χ2v) is 6.53. The summed E-state index contributed by atoms with van der Waals surface area (Å²) in [7, 11) is 0. The summed E-state index contributed by atoms with van der Waals surface area (Å²) in [5, 5.41) is 14.1. The smallest absolute Gasteiger partial charge is 0.234 e. The number of carbonyl (C=O) groups is 2. The molecule has 2 N–H and O–H groups in total. The molecule has 0 unspecified atom stereocenters. The van der Waals surface area contributed by atoms with Crippen LogP contribution < -0.4 is 10.6 Å². The molecule has 7 nitrogen and oxygen atoms in total. The molecule has 0 aliphatic carbocycles. The topological polar surface area (TPSA) is 96.9 Å². The van der Waals surface area contributed by atoms with Crippen LogP contribution in [0.4, 0.5) is 11.4 Å². The molecule has 8 heteroatoms. The van der Waals surface area contributed by atoms with Crippen LogP contribution in [-0.2, 0) is 9.59 Å². The fourth-order valence-corrected chi connectivity index (χ4v) is 2.80. The lowest BCUT2D eigenvalue weighted by molar-refractivity contribution is -0.114. The Labute approximate surface area is 160 Å². The third-order valence-corrected chi connectivity index (χ3v) is 4.28. The fourth-order valence-electron chi connectivity index (χ4n) is 2.24. The van der Waals surface area contributed by atoms with E-state index in [-0.39, 0.29) is 17.6 Å². The third-order valence-electron chi connectivity index (χ3n) is 3.43. The highest BCUT2D eigenvalue weighted by Gasteiger charge is 2.07. The molecule has 136 valence electrons. The van der Waals surface area contributed by atoms with Gasteiger partial charge in [0.1, 0.15) is 5.69 Å². The average Bonchev–Trinajstić information content (AvgIpc) is 2.69. The van der Waals surface area contributed by atoms with Crippen molar-refractivity contribution >= 4 is 35.0 Å². The number of carbonyl (C=O) groups excluding carboxylic acids is 2. The highest BCUT2D eigenvalue weighted by atomic mass is 32.2. The van der Waals surface area contributed by atoms with Gasteiger partial charge in [0.25, 0.3) is 0 Å². The van der Waals surface area contributed by atoms with E-state index in [1.165, 1.54) is 18.7 Å².